The molecule has 3 heterocycles. The maximum Gasteiger partial charge on any atom is 0.320 e. The lowest BCUT2D eigenvalue weighted by Crippen LogP contribution is -2.35. The lowest BCUT2D eigenvalue weighted by molar-refractivity contribution is 0.130. The van der Waals surface area contributed by atoms with Gasteiger partial charge < -0.3 is 4.74 Å². The summed E-state index contributed by atoms with van der Waals surface area (Å²) < 4.78 is 47.0. The van der Waals surface area contributed by atoms with Crippen LogP contribution in [-0.4, -0.2) is 39.4 Å². The third kappa shape index (κ3) is 4.79. The van der Waals surface area contributed by atoms with E-state index in [9.17, 15) is 13.2 Å². The highest BCUT2D eigenvalue weighted by Crippen LogP contribution is 2.25. The first-order valence-electron chi connectivity index (χ1n) is 9.47. The van der Waals surface area contributed by atoms with Crippen LogP contribution in [0, 0.1) is 11.7 Å². The summed E-state index contributed by atoms with van der Waals surface area (Å²) in [6, 6.07) is 9.91. The van der Waals surface area contributed by atoms with Crippen LogP contribution in [0.15, 0.2) is 41.8 Å². The topological polar surface area (TPSA) is 43.2 Å². The molecule has 0 aliphatic carbocycles. The molecule has 0 saturated carbocycles. The molecule has 0 amide bonds. The lowest BCUT2D eigenvalue weighted by atomic mass is 9.98. The van der Waals surface area contributed by atoms with Crippen LogP contribution in [0.5, 0.6) is 6.01 Å². The highest BCUT2D eigenvalue weighted by atomic mass is 32.1. The number of thiophene rings is 1. The van der Waals surface area contributed by atoms with E-state index in [-0.39, 0.29) is 17.6 Å². The summed E-state index contributed by atoms with van der Waals surface area (Å²) in [5.74, 6) is -0.964. The number of nitrogens with zero attached hydrogens (tertiary/aromatic N) is 4. The molecule has 0 radical (unpaired) electrons. The Kier molecular flexibility index (Phi) is 6.15. The second-order valence-electron chi connectivity index (χ2n) is 7.03. The minimum absolute atomic E-state index is 0.0349. The SMILES string of the molecule is Fc1ccccc1-n1nc(C(F)F)nc1OCC1CCN(Cc2cccs2)CC1. The molecular weight excluding hydrogens is 401 g/mol. The highest BCUT2D eigenvalue weighted by molar-refractivity contribution is 7.09. The Balaban J connectivity index is 1.39. The van der Waals surface area contributed by atoms with Gasteiger partial charge in [0.2, 0.25) is 5.82 Å². The molecule has 154 valence electrons. The molecule has 0 spiro atoms. The molecule has 0 unspecified atom stereocenters. The monoisotopic (exact) mass is 422 g/mol. The van der Waals surface area contributed by atoms with E-state index in [0.717, 1.165) is 37.2 Å². The van der Waals surface area contributed by atoms with Crippen molar-refractivity contribution >= 4 is 11.3 Å². The Morgan fingerprint density at radius 3 is 2.62 bits per heavy atom. The first kappa shape index (κ1) is 19.9. The van der Waals surface area contributed by atoms with Gasteiger partial charge in [-0.05, 0) is 55.4 Å². The van der Waals surface area contributed by atoms with Crippen LogP contribution >= 0.6 is 11.3 Å². The second-order valence-corrected chi connectivity index (χ2v) is 8.06. The van der Waals surface area contributed by atoms with Crippen molar-refractivity contribution < 1.29 is 17.9 Å². The maximum absolute atomic E-state index is 14.1. The van der Waals surface area contributed by atoms with Crippen molar-refractivity contribution in [2.75, 3.05) is 19.7 Å². The highest BCUT2D eigenvalue weighted by Gasteiger charge is 2.24. The Hall–Kier alpha value is -2.39. The van der Waals surface area contributed by atoms with E-state index in [1.54, 1.807) is 17.4 Å². The fourth-order valence-electron chi connectivity index (χ4n) is 3.41. The van der Waals surface area contributed by atoms with Gasteiger partial charge in [-0.3, -0.25) is 4.90 Å². The first-order valence-corrected chi connectivity index (χ1v) is 10.4. The average Bonchev–Trinajstić information content (AvgIpc) is 3.38. The molecule has 1 aliphatic rings. The van der Waals surface area contributed by atoms with Crippen LogP contribution in [0.1, 0.15) is 30.0 Å². The van der Waals surface area contributed by atoms with Crippen molar-refractivity contribution in [1.29, 1.82) is 0 Å². The fraction of sp³-hybridized carbons (Fsp3) is 0.400. The van der Waals surface area contributed by atoms with Gasteiger partial charge in [0.1, 0.15) is 11.5 Å². The van der Waals surface area contributed by atoms with E-state index in [1.807, 2.05) is 0 Å². The van der Waals surface area contributed by atoms with Crippen LogP contribution in [-0.2, 0) is 6.54 Å². The number of halogens is 3. The third-order valence-corrected chi connectivity index (χ3v) is 5.85. The first-order chi connectivity index (χ1) is 14.1. The van der Waals surface area contributed by atoms with Crippen molar-refractivity contribution in [3.8, 4) is 11.7 Å². The van der Waals surface area contributed by atoms with Crippen LogP contribution in [0.3, 0.4) is 0 Å². The maximum atomic E-state index is 14.1. The zero-order valence-corrected chi connectivity index (χ0v) is 16.5. The number of aromatic nitrogens is 3. The number of likely N-dealkylation sites (tertiary alicyclic amines) is 1. The van der Waals surface area contributed by atoms with Gasteiger partial charge in [0, 0.05) is 11.4 Å². The molecule has 4 rings (SSSR count). The molecule has 5 nitrogen and oxygen atoms in total. The molecule has 1 saturated heterocycles. The number of hydrogen-bond acceptors (Lipinski definition) is 5. The van der Waals surface area contributed by atoms with Crippen LogP contribution in [0.2, 0.25) is 0 Å². The predicted molar refractivity (Wildman–Crippen MR) is 104 cm³/mol. The molecule has 0 bridgehead atoms. The zero-order chi connectivity index (χ0) is 20.2. The summed E-state index contributed by atoms with van der Waals surface area (Å²) in [4.78, 5) is 7.53. The van der Waals surface area contributed by atoms with Gasteiger partial charge >= 0.3 is 6.01 Å². The molecule has 0 atom stereocenters. The third-order valence-electron chi connectivity index (χ3n) is 4.98. The minimum Gasteiger partial charge on any atom is -0.463 e. The van der Waals surface area contributed by atoms with Gasteiger partial charge in [-0.25, -0.2) is 13.2 Å². The van der Waals surface area contributed by atoms with Crippen molar-refractivity contribution in [2.45, 2.75) is 25.8 Å². The van der Waals surface area contributed by atoms with Crippen molar-refractivity contribution in [3.05, 3.63) is 58.3 Å². The number of rotatable bonds is 7. The van der Waals surface area contributed by atoms with Gasteiger partial charge in [-0.15, -0.1) is 16.4 Å². The summed E-state index contributed by atoms with van der Waals surface area (Å²) in [6.45, 7) is 3.19. The Morgan fingerprint density at radius 1 is 1.14 bits per heavy atom. The van der Waals surface area contributed by atoms with E-state index in [0.29, 0.717) is 6.61 Å². The van der Waals surface area contributed by atoms with Crippen LogP contribution in [0.4, 0.5) is 13.2 Å². The molecular formula is C20H21F3N4OS. The molecule has 29 heavy (non-hydrogen) atoms. The molecule has 1 aliphatic heterocycles. The summed E-state index contributed by atoms with van der Waals surface area (Å²) in [5.41, 5.74) is 0.0349. The zero-order valence-electron chi connectivity index (χ0n) is 15.7. The Bertz CT molecular complexity index is 924. The number of piperidine rings is 1. The minimum atomic E-state index is -2.86. The smallest absolute Gasteiger partial charge is 0.320 e. The summed E-state index contributed by atoms with van der Waals surface area (Å²) in [7, 11) is 0. The molecule has 0 N–H and O–H groups in total. The predicted octanol–water partition coefficient (Wildman–Crippen LogP) is 4.70. The molecule has 1 fully saturated rings. The van der Waals surface area contributed by atoms with Gasteiger partial charge in [-0.1, -0.05) is 18.2 Å². The normalized spacial score (nSPS) is 15.9. The fourth-order valence-corrected chi connectivity index (χ4v) is 4.15. The number of ether oxygens (including phenoxy) is 1. The van der Waals surface area contributed by atoms with Crippen LogP contribution < -0.4 is 4.74 Å². The van der Waals surface area contributed by atoms with Crippen molar-refractivity contribution in [2.24, 2.45) is 5.92 Å². The molecule has 9 heteroatoms. The number of para-hydroxylation sites is 1. The van der Waals surface area contributed by atoms with Crippen molar-refractivity contribution in [3.63, 3.8) is 0 Å². The quantitative estimate of drug-likeness (QED) is 0.554. The molecule has 3 aromatic rings. The Labute approximate surface area is 170 Å². The number of alkyl halides is 2. The Morgan fingerprint density at radius 2 is 1.93 bits per heavy atom. The van der Waals surface area contributed by atoms with Gasteiger partial charge in [0.25, 0.3) is 6.43 Å². The lowest BCUT2D eigenvalue weighted by Gasteiger charge is -2.31. The largest absolute Gasteiger partial charge is 0.463 e. The van der Waals surface area contributed by atoms with E-state index >= 15 is 0 Å². The number of hydrogen-bond donors (Lipinski definition) is 0. The van der Waals surface area contributed by atoms with Crippen molar-refractivity contribution in [1.82, 2.24) is 19.7 Å². The van der Waals surface area contributed by atoms with E-state index in [2.05, 4.69) is 32.5 Å². The van der Waals surface area contributed by atoms with Gasteiger partial charge in [0.05, 0.1) is 6.61 Å². The molecule has 1 aromatic carbocycles. The summed E-state index contributed by atoms with van der Waals surface area (Å²) in [5, 5.41) is 5.82. The number of benzene rings is 1. The van der Waals surface area contributed by atoms with Gasteiger partial charge in [0.15, 0.2) is 0 Å². The van der Waals surface area contributed by atoms with E-state index in [1.165, 1.54) is 23.1 Å². The van der Waals surface area contributed by atoms with E-state index in [4.69, 9.17) is 4.74 Å². The standard InChI is InChI=1S/C20H21F3N4OS/c21-16-5-1-2-6-17(16)27-20(24-19(25-27)18(22)23)28-13-14-7-9-26(10-8-14)12-15-4-3-11-29-15/h1-6,11,14,18H,7-10,12-13H2. The van der Waals surface area contributed by atoms with Gasteiger partial charge in [-0.2, -0.15) is 9.67 Å². The van der Waals surface area contributed by atoms with E-state index < -0.39 is 18.1 Å². The summed E-state index contributed by atoms with van der Waals surface area (Å²) >= 11 is 1.75. The average molecular weight is 422 g/mol. The summed E-state index contributed by atoms with van der Waals surface area (Å²) in [6.07, 6.45) is -0.965. The molecule has 2 aromatic heterocycles. The second kappa shape index (κ2) is 8.96. The van der Waals surface area contributed by atoms with Crippen LogP contribution in [0.25, 0.3) is 5.69 Å².